The smallest absolute Gasteiger partial charge is 0.109 e. The lowest BCUT2D eigenvalue weighted by Gasteiger charge is -2.17. The Bertz CT molecular complexity index is 494. The number of halogens is 2. The number of benzene rings is 2. The molecule has 1 nitrogen and oxygen atoms in total. The van der Waals surface area contributed by atoms with Gasteiger partial charge in [0, 0.05) is 22.7 Å². The highest BCUT2D eigenvalue weighted by Gasteiger charge is 2.15. The van der Waals surface area contributed by atoms with Gasteiger partial charge in [-0.05, 0) is 23.8 Å². The van der Waals surface area contributed by atoms with E-state index in [1.165, 1.54) is 0 Å². The number of methoxy groups -OCH3 is 1. The van der Waals surface area contributed by atoms with Crippen molar-refractivity contribution in [3.05, 3.63) is 69.7 Å². The van der Waals surface area contributed by atoms with Gasteiger partial charge < -0.3 is 4.74 Å². The fraction of sp³-hybridized carbons (Fsp3) is 0.143. The maximum absolute atomic E-state index is 6.17. The molecule has 1 atom stereocenters. The van der Waals surface area contributed by atoms with Gasteiger partial charge in [-0.3, -0.25) is 0 Å². The van der Waals surface area contributed by atoms with E-state index < -0.39 is 0 Å². The van der Waals surface area contributed by atoms with Gasteiger partial charge in [-0.2, -0.15) is 0 Å². The van der Waals surface area contributed by atoms with Crippen LogP contribution in [0.3, 0.4) is 0 Å². The molecule has 2 rings (SSSR count). The molecule has 0 aliphatic carbocycles. The summed E-state index contributed by atoms with van der Waals surface area (Å²) in [4.78, 5) is 0. The molecule has 0 aliphatic heterocycles. The van der Waals surface area contributed by atoms with Gasteiger partial charge in [-0.15, -0.1) is 0 Å². The SMILES string of the molecule is COC(c1ccc(Cl)cc1)c1ccccc1Cl. The molecule has 0 saturated carbocycles. The van der Waals surface area contributed by atoms with Crippen LogP contribution in [-0.4, -0.2) is 7.11 Å². The van der Waals surface area contributed by atoms with Crippen molar-refractivity contribution < 1.29 is 4.74 Å². The molecule has 1 unspecified atom stereocenters. The van der Waals surface area contributed by atoms with Crippen molar-refractivity contribution >= 4 is 23.2 Å². The summed E-state index contributed by atoms with van der Waals surface area (Å²) in [5, 5.41) is 1.41. The molecule has 17 heavy (non-hydrogen) atoms. The van der Waals surface area contributed by atoms with E-state index in [2.05, 4.69) is 0 Å². The zero-order valence-electron chi connectivity index (χ0n) is 9.36. The molecule has 0 N–H and O–H groups in total. The predicted octanol–water partition coefficient (Wildman–Crippen LogP) is 4.73. The normalized spacial score (nSPS) is 12.4. The van der Waals surface area contributed by atoms with E-state index in [9.17, 15) is 0 Å². The molecule has 0 saturated heterocycles. The van der Waals surface area contributed by atoms with Gasteiger partial charge in [0.15, 0.2) is 0 Å². The zero-order chi connectivity index (χ0) is 12.3. The lowest BCUT2D eigenvalue weighted by Crippen LogP contribution is -2.03. The summed E-state index contributed by atoms with van der Waals surface area (Å²) in [5.41, 5.74) is 1.99. The molecule has 3 heteroatoms. The van der Waals surface area contributed by atoms with Gasteiger partial charge in [-0.25, -0.2) is 0 Å². The van der Waals surface area contributed by atoms with Crippen molar-refractivity contribution in [1.29, 1.82) is 0 Å². The molecule has 0 aliphatic rings. The first kappa shape index (κ1) is 12.4. The summed E-state index contributed by atoms with van der Waals surface area (Å²) in [6, 6.07) is 15.3. The third-order valence-electron chi connectivity index (χ3n) is 2.60. The van der Waals surface area contributed by atoms with Crippen molar-refractivity contribution in [3.63, 3.8) is 0 Å². The molecular formula is C14H12Cl2O. The monoisotopic (exact) mass is 266 g/mol. The first-order chi connectivity index (χ1) is 8.22. The van der Waals surface area contributed by atoms with Crippen LogP contribution in [0.4, 0.5) is 0 Å². The third-order valence-corrected chi connectivity index (χ3v) is 3.19. The molecule has 0 amide bonds. The highest BCUT2D eigenvalue weighted by atomic mass is 35.5. The van der Waals surface area contributed by atoms with Crippen LogP contribution in [0.5, 0.6) is 0 Å². The Labute approximate surface area is 111 Å². The zero-order valence-corrected chi connectivity index (χ0v) is 10.9. The third kappa shape index (κ3) is 2.81. The van der Waals surface area contributed by atoms with Crippen LogP contribution in [-0.2, 0) is 4.74 Å². The van der Waals surface area contributed by atoms with Gasteiger partial charge in [0.2, 0.25) is 0 Å². The van der Waals surface area contributed by atoms with Crippen molar-refractivity contribution in [3.8, 4) is 0 Å². The first-order valence-corrected chi connectivity index (χ1v) is 6.00. The van der Waals surface area contributed by atoms with Gasteiger partial charge in [0.05, 0.1) is 0 Å². The Balaban J connectivity index is 2.40. The van der Waals surface area contributed by atoms with E-state index in [1.54, 1.807) is 7.11 Å². The summed E-state index contributed by atoms with van der Waals surface area (Å²) < 4.78 is 5.52. The summed E-state index contributed by atoms with van der Waals surface area (Å²) in [5.74, 6) is 0. The maximum atomic E-state index is 6.17. The molecule has 0 heterocycles. The highest BCUT2D eigenvalue weighted by molar-refractivity contribution is 6.31. The molecular weight excluding hydrogens is 255 g/mol. The summed E-state index contributed by atoms with van der Waals surface area (Å²) in [6.07, 6.45) is -0.166. The lowest BCUT2D eigenvalue weighted by molar-refractivity contribution is 0.136. The first-order valence-electron chi connectivity index (χ1n) is 5.25. The van der Waals surface area contributed by atoms with Crippen LogP contribution >= 0.6 is 23.2 Å². The lowest BCUT2D eigenvalue weighted by atomic mass is 10.0. The van der Waals surface area contributed by atoms with E-state index in [0.29, 0.717) is 10.0 Å². The molecule has 0 aromatic heterocycles. The van der Waals surface area contributed by atoms with Crippen molar-refractivity contribution in [2.45, 2.75) is 6.10 Å². The van der Waals surface area contributed by atoms with E-state index in [0.717, 1.165) is 11.1 Å². The van der Waals surface area contributed by atoms with Crippen molar-refractivity contribution in [1.82, 2.24) is 0 Å². The van der Waals surface area contributed by atoms with Gasteiger partial charge >= 0.3 is 0 Å². The Hall–Kier alpha value is -1.02. The average molecular weight is 267 g/mol. The Kier molecular flexibility index (Phi) is 4.06. The van der Waals surface area contributed by atoms with Crippen LogP contribution in [0.15, 0.2) is 48.5 Å². The minimum atomic E-state index is -0.166. The Morgan fingerprint density at radius 2 is 1.59 bits per heavy atom. The minimum absolute atomic E-state index is 0.166. The van der Waals surface area contributed by atoms with Gasteiger partial charge in [-0.1, -0.05) is 53.5 Å². The fourth-order valence-corrected chi connectivity index (χ4v) is 2.13. The van der Waals surface area contributed by atoms with Crippen LogP contribution < -0.4 is 0 Å². The molecule has 88 valence electrons. The topological polar surface area (TPSA) is 9.23 Å². The van der Waals surface area contributed by atoms with Crippen LogP contribution in [0.1, 0.15) is 17.2 Å². The number of hydrogen-bond donors (Lipinski definition) is 0. The summed E-state index contributed by atoms with van der Waals surface area (Å²) in [7, 11) is 1.67. The molecule has 2 aromatic rings. The van der Waals surface area contributed by atoms with Crippen molar-refractivity contribution in [2.24, 2.45) is 0 Å². The molecule has 0 fully saturated rings. The minimum Gasteiger partial charge on any atom is -0.372 e. The van der Waals surface area contributed by atoms with E-state index in [-0.39, 0.29) is 6.10 Å². The molecule has 0 spiro atoms. The molecule has 0 radical (unpaired) electrons. The van der Waals surface area contributed by atoms with Crippen LogP contribution in [0, 0.1) is 0 Å². The fourth-order valence-electron chi connectivity index (χ4n) is 1.77. The van der Waals surface area contributed by atoms with Crippen LogP contribution in [0.25, 0.3) is 0 Å². The second-order valence-corrected chi connectivity index (χ2v) is 4.53. The van der Waals surface area contributed by atoms with Crippen molar-refractivity contribution in [2.75, 3.05) is 7.11 Å². The van der Waals surface area contributed by atoms with E-state index in [1.807, 2.05) is 48.5 Å². The standard InChI is InChI=1S/C14H12Cl2O/c1-17-14(10-6-8-11(15)9-7-10)12-4-2-3-5-13(12)16/h2-9,14H,1H3. The van der Waals surface area contributed by atoms with E-state index >= 15 is 0 Å². The van der Waals surface area contributed by atoms with Gasteiger partial charge in [0.25, 0.3) is 0 Å². The van der Waals surface area contributed by atoms with Crippen LogP contribution in [0.2, 0.25) is 10.0 Å². The van der Waals surface area contributed by atoms with Gasteiger partial charge in [0.1, 0.15) is 6.10 Å². The number of hydrogen-bond acceptors (Lipinski definition) is 1. The second-order valence-electron chi connectivity index (χ2n) is 3.69. The summed E-state index contributed by atoms with van der Waals surface area (Å²) in [6.45, 7) is 0. The number of ether oxygens (including phenoxy) is 1. The molecule has 2 aromatic carbocycles. The van der Waals surface area contributed by atoms with E-state index in [4.69, 9.17) is 27.9 Å². The maximum Gasteiger partial charge on any atom is 0.109 e. The quantitative estimate of drug-likeness (QED) is 0.781. The Morgan fingerprint density at radius 3 is 2.18 bits per heavy atom. The summed E-state index contributed by atoms with van der Waals surface area (Å²) >= 11 is 12.0. The highest BCUT2D eigenvalue weighted by Crippen LogP contribution is 2.31. The Morgan fingerprint density at radius 1 is 0.941 bits per heavy atom. The average Bonchev–Trinajstić information content (AvgIpc) is 2.35. The second kappa shape index (κ2) is 5.54. The largest absolute Gasteiger partial charge is 0.372 e. The number of rotatable bonds is 3. The predicted molar refractivity (Wildman–Crippen MR) is 71.8 cm³/mol. The molecule has 0 bridgehead atoms.